The van der Waals surface area contributed by atoms with Crippen molar-refractivity contribution < 1.29 is 15.0 Å². The number of hydrogen-bond acceptors (Lipinski definition) is 7. The van der Waals surface area contributed by atoms with Crippen LogP contribution in [0.5, 0.6) is 0 Å². The Hall–Kier alpha value is -2.55. The van der Waals surface area contributed by atoms with Crippen LogP contribution in [0.25, 0.3) is 0 Å². The summed E-state index contributed by atoms with van der Waals surface area (Å²) in [6.07, 6.45) is -1.74. The highest BCUT2D eigenvalue weighted by molar-refractivity contribution is 8.15. The molecular formula is C23H28N4O3S. The van der Waals surface area contributed by atoms with Gasteiger partial charge in [0, 0.05) is 37.3 Å². The lowest BCUT2D eigenvalue weighted by Gasteiger charge is -2.37. The van der Waals surface area contributed by atoms with E-state index < -0.39 is 24.2 Å². The number of hydrogen-bond donors (Lipinski definition) is 4. The fourth-order valence-electron chi connectivity index (χ4n) is 3.99. The minimum absolute atomic E-state index is 0.121. The zero-order valence-electron chi connectivity index (χ0n) is 17.6. The summed E-state index contributed by atoms with van der Waals surface area (Å²) in [4.78, 5) is 19.6. The number of thioether (sulfide) groups is 1. The van der Waals surface area contributed by atoms with E-state index in [1.54, 1.807) is 0 Å². The Morgan fingerprint density at radius 1 is 1.13 bits per heavy atom. The molecule has 0 saturated heterocycles. The molecule has 31 heavy (non-hydrogen) atoms. The maximum Gasteiger partial charge on any atom is 0.224 e. The third-order valence-corrected chi connectivity index (χ3v) is 7.08. The summed E-state index contributed by atoms with van der Waals surface area (Å²) in [6.45, 7) is 0.432. The molecule has 0 spiro atoms. The number of carbonyl (C=O) groups is 1. The molecule has 8 heteroatoms. The molecular weight excluding hydrogens is 412 g/mol. The van der Waals surface area contributed by atoms with Gasteiger partial charge in [-0.1, -0.05) is 42.1 Å². The fourth-order valence-corrected chi connectivity index (χ4v) is 5.37. The second kappa shape index (κ2) is 9.30. The van der Waals surface area contributed by atoms with Gasteiger partial charge in [-0.15, -0.1) is 0 Å². The Bertz CT molecular complexity index is 936. The van der Waals surface area contributed by atoms with Gasteiger partial charge in [0.25, 0.3) is 0 Å². The second-order valence-electron chi connectivity index (χ2n) is 8.18. The molecule has 1 heterocycles. The minimum atomic E-state index is -0.980. The van der Waals surface area contributed by atoms with Crippen LogP contribution in [0, 0.1) is 5.92 Å². The van der Waals surface area contributed by atoms with Crippen molar-refractivity contribution in [3.05, 3.63) is 60.2 Å². The molecule has 4 N–H and O–H groups in total. The molecule has 2 aromatic carbocycles. The van der Waals surface area contributed by atoms with E-state index >= 15 is 0 Å². The summed E-state index contributed by atoms with van der Waals surface area (Å²) in [7, 11) is 3.97. The number of aliphatic hydroxyl groups is 2. The van der Waals surface area contributed by atoms with Crippen LogP contribution in [0.3, 0.4) is 0 Å². The van der Waals surface area contributed by atoms with Crippen molar-refractivity contribution in [2.45, 2.75) is 36.5 Å². The number of fused-ring (bicyclic) bond motifs is 1. The van der Waals surface area contributed by atoms with E-state index in [4.69, 9.17) is 0 Å². The molecule has 164 valence electrons. The standard InChI is InChI=1S/C23H28N4O3S/c1-27(2)16-10-8-15(9-11-16)25-23-26-19-20(29)18(28)12-17(21(19)31-23)22(30)24-13-14-6-4-3-5-7-14/h3-11,17-21,28-29H,12-13H2,1-2H3,(H,24,30)(H,25,26)/t17-,18+,19+,20-,21+/m0/s1. The predicted octanol–water partition coefficient (Wildman–Crippen LogP) is 2.06. The molecule has 0 radical (unpaired) electrons. The summed E-state index contributed by atoms with van der Waals surface area (Å²) in [6, 6.07) is 17.1. The molecule has 7 nitrogen and oxygen atoms in total. The number of aliphatic imine (C=N–C) groups is 1. The topological polar surface area (TPSA) is 97.2 Å². The summed E-state index contributed by atoms with van der Waals surface area (Å²) in [5.41, 5.74) is 2.99. The van der Waals surface area contributed by atoms with Crippen LogP contribution in [0.1, 0.15) is 12.0 Å². The zero-order chi connectivity index (χ0) is 22.0. The van der Waals surface area contributed by atoms with Gasteiger partial charge in [-0.3, -0.25) is 9.79 Å². The predicted molar refractivity (Wildman–Crippen MR) is 125 cm³/mol. The SMILES string of the molecule is CN(C)c1ccc(NC2=N[C@@H]3[C@@H](O)[C@H](O)C[C@H](C(=O)NCc4ccccc4)[C@H]3S2)cc1. The van der Waals surface area contributed by atoms with E-state index in [0.29, 0.717) is 11.7 Å². The monoisotopic (exact) mass is 440 g/mol. The average Bonchev–Trinajstić information content (AvgIpc) is 3.19. The van der Waals surface area contributed by atoms with Gasteiger partial charge in [0.15, 0.2) is 5.17 Å². The third kappa shape index (κ3) is 4.87. The summed E-state index contributed by atoms with van der Waals surface area (Å²) in [5.74, 6) is -0.555. The number of carbonyl (C=O) groups excluding carboxylic acids is 1. The van der Waals surface area contributed by atoms with Crippen molar-refractivity contribution in [1.82, 2.24) is 5.32 Å². The van der Waals surface area contributed by atoms with Gasteiger partial charge >= 0.3 is 0 Å². The van der Waals surface area contributed by atoms with E-state index in [1.807, 2.05) is 73.6 Å². The molecule has 1 aliphatic carbocycles. The lowest BCUT2D eigenvalue weighted by atomic mass is 9.81. The number of nitrogens with zero attached hydrogens (tertiary/aromatic N) is 2. The Kier molecular flexibility index (Phi) is 6.50. The number of amides is 1. The van der Waals surface area contributed by atoms with Crippen LogP contribution in [-0.4, -0.2) is 58.9 Å². The van der Waals surface area contributed by atoms with Gasteiger partial charge in [0.2, 0.25) is 5.91 Å². The quantitative estimate of drug-likeness (QED) is 0.568. The number of nitrogens with one attached hydrogen (secondary N) is 2. The molecule has 2 aliphatic rings. The van der Waals surface area contributed by atoms with Crippen molar-refractivity contribution in [2.75, 3.05) is 24.3 Å². The lowest BCUT2D eigenvalue weighted by Crippen LogP contribution is -2.53. The molecule has 0 bridgehead atoms. The van der Waals surface area contributed by atoms with Crippen LogP contribution < -0.4 is 15.5 Å². The highest BCUT2D eigenvalue weighted by Gasteiger charge is 2.50. The van der Waals surface area contributed by atoms with E-state index in [1.165, 1.54) is 11.8 Å². The molecule has 2 aromatic rings. The first-order valence-electron chi connectivity index (χ1n) is 10.4. The molecule has 4 rings (SSSR count). The number of amidine groups is 1. The van der Waals surface area contributed by atoms with Crippen molar-refractivity contribution in [1.29, 1.82) is 0 Å². The summed E-state index contributed by atoms with van der Waals surface area (Å²) >= 11 is 1.46. The van der Waals surface area contributed by atoms with Crippen molar-refractivity contribution in [2.24, 2.45) is 10.9 Å². The molecule has 5 atom stereocenters. The van der Waals surface area contributed by atoms with Gasteiger partial charge in [0.05, 0.1) is 18.1 Å². The van der Waals surface area contributed by atoms with Crippen molar-refractivity contribution in [3.63, 3.8) is 0 Å². The first-order valence-corrected chi connectivity index (χ1v) is 11.3. The average molecular weight is 441 g/mol. The number of aliphatic hydroxyl groups excluding tert-OH is 2. The molecule has 1 aliphatic heterocycles. The van der Waals surface area contributed by atoms with Crippen molar-refractivity contribution in [3.8, 4) is 0 Å². The van der Waals surface area contributed by atoms with Gasteiger partial charge < -0.3 is 25.7 Å². The highest BCUT2D eigenvalue weighted by Crippen LogP contribution is 2.41. The Labute approximate surface area is 186 Å². The van der Waals surface area contributed by atoms with Crippen LogP contribution in [0.2, 0.25) is 0 Å². The normalized spacial score (nSPS) is 27.2. The Morgan fingerprint density at radius 3 is 2.52 bits per heavy atom. The maximum absolute atomic E-state index is 12.9. The van der Waals surface area contributed by atoms with Crippen molar-refractivity contribution >= 4 is 34.2 Å². The molecule has 0 aromatic heterocycles. The number of rotatable bonds is 5. The zero-order valence-corrected chi connectivity index (χ0v) is 18.4. The lowest BCUT2D eigenvalue weighted by molar-refractivity contribution is -0.129. The summed E-state index contributed by atoms with van der Waals surface area (Å²) in [5, 5.41) is 27.5. The van der Waals surface area contributed by atoms with Gasteiger partial charge in [-0.25, -0.2) is 0 Å². The van der Waals surface area contributed by atoms with E-state index in [2.05, 4.69) is 15.6 Å². The van der Waals surface area contributed by atoms with E-state index in [9.17, 15) is 15.0 Å². The van der Waals surface area contributed by atoms with Crippen LogP contribution in [-0.2, 0) is 11.3 Å². The highest BCUT2D eigenvalue weighted by atomic mass is 32.2. The van der Waals surface area contributed by atoms with Crippen LogP contribution in [0.15, 0.2) is 59.6 Å². The number of benzene rings is 2. The first-order chi connectivity index (χ1) is 14.9. The number of anilines is 2. The van der Waals surface area contributed by atoms with Crippen LogP contribution >= 0.6 is 11.8 Å². The Morgan fingerprint density at radius 2 is 1.84 bits per heavy atom. The molecule has 1 amide bonds. The first kappa shape index (κ1) is 21.7. The van der Waals surface area contributed by atoms with Gasteiger partial charge in [-0.2, -0.15) is 0 Å². The molecule has 1 saturated carbocycles. The fraction of sp³-hybridized carbons (Fsp3) is 0.391. The Balaban J connectivity index is 1.43. The maximum atomic E-state index is 12.9. The molecule has 1 fully saturated rings. The van der Waals surface area contributed by atoms with E-state index in [0.717, 1.165) is 16.9 Å². The van der Waals surface area contributed by atoms with Gasteiger partial charge in [0.1, 0.15) is 6.10 Å². The minimum Gasteiger partial charge on any atom is -0.390 e. The molecule has 0 unspecified atom stereocenters. The third-order valence-electron chi connectivity index (χ3n) is 5.77. The van der Waals surface area contributed by atoms with Gasteiger partial charge in [-0.05, 0) is 36.2 Å². The summed E-state index contributed by atoms with van der Waals surface area (Å²) < 4.78 is 0. The van der Waals surface area contributed by atoms with Crippen LogP contribution in [0.4, 0.5) is 11.4 Å². The van der Waals surface area contributed by atoms with E-state index in [-0.39, 0.29) is 17.6 Å². The largest absolute Gasteiger partial charge is 0.390 e. The smallest absolute Gasteiger partial charge is 0.224 e. The second-order valence-corrected chi connectivity index (χ2v) is 9.34.